The van der Waals surface area contributed by atoms with Crippen molar-refractivity contribution in [1.82, 2.24) is 4.83 Å². The normalized spacial score (nSPS) is 12.1. The van der Waals surface area contributed by atoms with Crippen molar-refractivity contribution in [3.05, 3.63) is 57.1 Å². The van der Waals surface area contributed by atoms with Crippen LogP contribution >= 0.6 is 0 Å². The van der Waals surface area contributed by atoms with E-state index in [0.29, 0.717) is 5.56 Å². The van der Waals surface area contributed by atoms with Crippen LogP contribution in [-0.4, -0.2) is 33.3 Å². The summed E-state index contributed by atoms with van der Waals surface area (Å²) in [5, 5.41) is 15.2. The summed E-state index contributed by atoms with van der Waals surface area (Å²) >= 11 is 0. The van der Waals surface area contributed by atoms with Crippen molar-refractivity contribution in [2.45, 2.75) is 44.9 Å². The van der Waals surface area contributed by atoms with Crippen molar-refractivity contribution in [3.63, 3.8) is 0 Å². The van der Waals surface area contributed by atoms with Crippen LogP contribution in [0.5, 0.6) is 11.5 Å². The number of benzene rings is 2. The number of ether oxygens (including phenoxy) is 2. The molecular formula is C21H27N3O6S. The van der Waals surface area contributed by atoms with Crippen LogP contribution in [0.1, 0.15) is 44.4 Å². The fraction of sp³-hybridized carbons (Fsp3) is 0.381. The number of hydrogen-bond donors (Lipinski definition) is 1. The zero-order valence-corrected chi connectivity index (χ0v) is 19.2. The van der Waals surface area contributed by atoms with Crippen LogP contribution in [0, 0.1) is 17.0 Å². The van der Waals surface area contributed by atoms with Gasteiger partial charge in [0.1, 0.15) is 0 Å². The molecule has 1 N–H and O–H groups in total. The van der Waals surface area contributed by atoms with Gasteiger partial charge >= 0.3 is 5.69 Å². The van der Waals surface area contributed by atoms with Crippen LogP contribution in [0.15, 0.2) is 40.3 Å². The maximum Gasteiger partial charge on any atom is 0.315 e. The Morgan fingerprint density at radius 2 is 1.90 bits per heavy atom. The molecule has 0 fully saturated rings. The van der Waals surface area contributed by atoms with E-state index in [1.165, 1.54) is 25.5 Å². The number of sulfonamides is 1. The molecule has 0 aliphatic rings. The van der Waals surface area contributed by atoms with Gasteiger partial charge in [-0.05, 0) is 42.5 Å². The highest BCUT2D eigenvalue weighted by molar-refractivity contribution is 7.89. The summed E-state index contributed by atoms with van der Waals surface area (Å²) in [5.41, 5.74) is 1.19. The van der Waals surface area contributed by atoms with Crippen molar-refractivity contribution in [2.24, 2.45) is 5.10 Å². The molecule has 0 amide bonds. The average molecular weight is 450 g/mol. The first kappa shape index (κ1) is 24.1. The lowest BCUT2D eigenvalue weighted by atomic mass is 9.87. The van der Waals surface area contributed by atoms with E-state index in [1.54, 1.807) is 26.0 Å². The molecule has 0 bridgehead atoms. The van der Waals surface area contributed by atoms with Crippen LogP contribution in [-0.2, 0) is 15.4 Å². The van der Waals surface area contributed by atoms with Gasteiger partial charge in [-0.2, -0.15) is 13.5 Å². The monoisotopic (exact) mass is 449 g/mol. The molecule has 0 aromatic heterocycles. The summed E-state index contributed by atoms with van der Waals surface area (Å²) < 4.78 is 36.1. The molecule has 168 valence electrons. The molecule has 0 saturated carbocycles. The number of nitrogens with one attached hydrogen (secondary N) is 1. The van der Waals surface area contributed by atoms with Crippen molar-refractivity contribution in [2.75, 3.05) is 13.7 Å². The number of methoxy groups -OCH3 is 1. The Bertz CT molecular complexity index is 1100. The van der Waals surface area contributed by atoms with Crippen LogP contribution in [0.2, 0.25) is 0 Å². The third kappa shape index (κ3) is 5.72. The third-order valence-corrected chi connectivity index (χ3v) is 5.86. The molecule has 0 radical (unpaired) electrons. The van der Waals surface area contributed by atoms with Crippen LogP contribution in [0.3, 0.4) is 0 Å². The first-order chi connectivity index (χ1) is 14.4. The van der Waals surface area contributed by atoms with Gasteiger partial charge in [0.05, 0.1) is 29.8 Å². The SMILES string of the molecule is CCOc1c(OC)cc(/C=N/NS(=O)(=O)c2cc(C(C)(C)C)ccc2C)cc1[N+](=O)[O-]. The highest BCUT2D eigenvalue weighted by atomic mass is 32.2. The van der Waals surface area contributed by atoms with Gasteiger partial charge in [-0.15, -0.1) is 0 Å². The predicted octanol–water partition coefficient (Wildman–Crippen LogP) is 3.92. The van der Waals surface area contributed by atoms with Crippen molar-refractivity contribution in [1.29, 1.82) is 0 Å². The molecule has 0 spiro atoms. The summed E-state index contributed by atoms with van der Waals surface area (Å²) in [6.45, 7) is 9.59. The van der Waals surface area contributed by atoms with Crippen LogP contribution in [0.25, 0.3) is 0 Å². The number of nitro benzene ring substituents is 1. The second-order valence-corrected chi connectivity index (χ2v) is 9.47. The van der Waals surface area contributed by atoms with Gasteiger partial charge in [-0.3, -0.25) is 10.1 Å². The molecule has 9 nitrogen and oxygen atoms in total. The molecule has 2 rings (SSSR count). The maximum absolute atomic E-state index is 12.8. The molecule has 0 atom stereocenters. The van der Waals surface area contributed by atoms with E-state index in [9.17, 15) is 18.5 Å². The second-order valence-electron chi connectivity index (χ2n) is 7.84. The van der Waals surface area contributed by atoms with E-state index >= 15 is 0 Å². The Balaban J connectivity index is 2.37. The van der Waals surface area contributed by atoms with E-state index in [0.717, 1.165) is 5.56 Å². The minimum absolute atomic E-state index is 0.00218. The molecule has 10 heteroatoms. The zero-order chi connectivity index (χ0) is 23.4. The fourth-order valence-electron chi connectivity index (χ4n) is 2.83. The summed E-state index contributed by atoms with van der Waals surface area (Å²) in [4.78, 5) is 13.1. The molecule has 0 aliphatic heterocycles. The maximum atomic E-state index is 12.8. The summed E-state index contributed by atoms with van der Waals surface area (Å²) in [5.74, 6) is 0.149. The van der Waals surface area contributed by atoms with E-state index in [2.05, 4.69) is 9.93 Å². The highest BCUT2D eigenvalue weighted by Crippen LogP contribution is 2.38. The molecule has 31 heavy (non-hydrogen) atoms. The van der Waals surface area contributed by atoms with Crippen LogP contribution < -0.4 is 14.3 Å². The van der Waals surface area contributed by atoms with E-state index in [1.807, 2.05) is 26.8 Å². The Morgan fingerprint density at radius 1 is 1.23 bits per heavy atom. The minimum atomic E-state index is -3.94. The standard InChI is InChI=1S/C21H27N3O6S/c1-7-30-20-17(24(25)26)10-15(11-18(20)29-6)13-22-23-31(27,28)19-12-16(21(3,4)5)9-8-14(19)2/h8-13,23H,7H2,1-6H3/b22-13+. The van der Waals surface area contributed by atoms with Gasteiger partial charge < -0.3 is 9.47 Å². The predicted molar refractivity (Wildman–Crippen MR) is 119 cm³/mol. The summed E-state index contributed by atoms with van der Waals surface area (Å²) in [7, 11) is -2.58. The number of nitro groups is 1. The summed E-state index contributed by atoms with van der Waals surface area (Å²) in [6, 6.07) is 7.97. The van der Waals surface area contributed by atoms with Gasteiger partial charge in [-0.1, -0.05) is 32.9 Å². The number of nitrogens with zero attached hydrogens (tertiary/aromatic N) is 2. The van der Waals surface area contributed by atoms with Crippen LogP contribution in [0.4, 0.5) is 5.69 Å². The topological polar surface area (TPSA) is 120 Å². The van der Waals surface area contributed by atoms with Gasteiger partial charge in [0.25, 0.3) is 10.0 Å². The minimum Gasteiger partial charge on any atom is -0.493 e. The second kappa shape index (κ2) is 9.34. The quantitative estimate of drug-likeness (QED) is 0.370. The lowest BCUT2D eigenvalue weighted by molar-refractivity contribution is -0.385. The lowest BCUT2D eigenvalue weighted by Gasteiger charge is -2.20. The van der Waals surface area contributed by atoms with E-state index in [-0.39, 0.29) is 39.7 Å². The highest BCUT2D eigenvalue weighted by Gasteiger charge is 2.23. The van der Waals surface area contributed by atoms with Gasteiger partial charge in [0.2, 0.25) is 5.75 Å². The Labute approximate surface area is 182 Å². The lowest BCUT2D eigenvalue weighted by Crippen LogP contribution is -2.21. The van der Waals surface area contributed by atoms with Crippen molar-refractivity contribution in [3.8, 4) is 11.5 Å². The Kier molecular flexibility index (Phi) is 7.27. The zero-order valence-electron chi connectivity index (χ0n) is 18.4. The first-order valence-corrected chi connectivity index (χ1v) is 11.0. The molecule has 0 heterocycles. The molecule has 2 aromatic carbocycles. The molecule has 0 saturated heterocycles. The summed E-state index contributed by atoms with van der Waals surface area (Å²) in [6.07, 6.45) is 1.17. The molecular weight excluding hydrogens is 422 g/mol. The Morgan fingerprint density at radius 3 is 2.45 bits per heavy atom. The van der Waals surface area contributed by atoms with Gasteiger partial charge in [0, 0.05) is 11.6 Å². The number of hydrazone groups is 1. The number of rotatable bonds is 8. The average Bonchev–Trinajstić information content (AvgIpc) is 2.67. The molecule has 2 aromatic rings. The molecule has 0 aliphatic carbocycles. The first-order valence-electron chi connectivity index (χ1n) is 9.56. The van der Waals surface area contributed by atoms with E-state index < -0.39 is 14.9 Å². The van der Waals surface area contributed by atoms with Gasteiger partial charge in [0.15, 0.2) is 5.75 Å². The van der Waals surface area contributed by atoms with E-state index in [4.69, 9.17) is 9.47 Å². The van der Waals surface area contributed by atoms with Crippen molar-refractivity contribution < 1.29 is 22.8 Å². The fourth-order valence-corrected chi connectivity index (χ4v) is 3.90. The number of hydrogen-bond acceptors (Lipinski definition) is 7. The smallest absolute Gasteiger partial charge is 0.315 e. The van der Waals surface area contributed by atoms with Crippen molar-refractivity contribution >= 4 is 21.9 Å². The van der Waals surface area contributed by atoms with Gasteiger partial charge in [-0.25, -0.2) is 4.83 Å². The Hall–Kier alpha value is -3.14. The molecule has 0 unspecified atom stereocenters. The third-order valence-electron chi connectivity index (χ3n) is 4.49. The number of aryl methyl sites for hydroxylation is 1. The largest absolute Gasteiger partial charge is 0.493 e.